The molecule has 2 aromatic carbocycles. The minimum atomic E-state index is -0.0819. The molecule has 0 fully saturated rings. The summed E-state index contributed by atoms with van der Waals surface area (Å²) in [5, 5.41) is 3.77. The van der Waals surface area contributed by atoms with Gasteiger partial charge in [0.25, 0.3) is 0 Å². The Balaban J connectivity index is 2.40. The Labute approximate surface area is 191 Å². The monoisotopic (exact) mass is 437 g/mol. The average Bonchev–Trinajstić information content (AvgIpc) is 2.68. The van der Waals surface area contributed by atoms with Gasteiger partial charge in [0.2, 0.25) is 5.91 Å². The van der Waals surface area contributed by atoms with Crippen molar-refractivity contribution in [2.75, 3.05) is 23.3 Å². The van der Waals surface area contributed by atoms with Crippen molar-refractivity contribution in [3.8, 4) is 0 Å². The van der Waals surface area contributed by atoms with Crippen LogP contribution in [0.4, 0.5) is 11.4 Å². The van der Waals surface area contributed by atoms with Crippen molar-refractivity contribution in [1.82, 2.24) is 0 Å². The van der Waals surface area contributed by atoms with Gasteiger partial charge in [-0.2, -0.15) is 0 Å². The number of nitrogens with one attached hydrogen (secondary N) is 1. The number of carbonyl (C=O) groups excluding carboxylic acids is 1. The zero-order valence-corrected chi connectivity index (χ0v) is 19.8. The predicted octanol–water partition coefficient (Wildman–Crippen LogP) is 6.92. The second-order valence-corrected chi connectivity index (χ2v) is 9.15. The third-order valence-corrected chi connectivity index (χ3v) is 5.03. The molecule has 0 radical (unpaired) electrons. The number of anilines is 2. The zero-order valence-electron chi connectivity index (χ0n) is 19.1. The lowest BCUT2D eigenvalue weighted by molar-refractivity contribution is -0.115. The Morgan fingerprint density at radius 1 is 1.10 bits per heavy atom. The molecule has 31 heavy (non-hydrogen) atoms. The molecule has 0 atom stereocenters. The summed E-state index contributed by atoms with van der Waals surface area (Å²) in [6.07, 6.45) is 1.78. The highest BCUT2D eigenvalue weighted by Crippen LogP contribution is 2.31. The van der Waals surface area contributed by atoms with Crippen LogP contribution in [-0.4, -0.2) is 19.0 Å². The molecule has 2 aromatic rings. The number of rotatable bonds is 9. The Bertz CT molecular complexity index is 946. The van der Waals surface area contributed by atoms with E-state index < -0.39 is 0 Å². The number of allylic oxidation sites excluding steroid dienone is 1. The first-order chi connectivity index (χ1) is 14.7. The van der Waals surface area contributed by atoms with Crippen molar-refractivity contribution < 1.29 is 4.79 Å². The summed E-state index contributed by atoms with van der Waals surface area (Å²) in [6.45, 7) is 19.6. The maximum Gasteiger partial charge on any atom is 0.228 e. The fourth-order valence-electron chi connectivity index (χ4n) is 3.46. The molecule has 0 spiro atoms. The van der Waals surface area contributed by atoms with E-state index in [-0.39, 0.29) is 12.3 Å². The van der Waals surface area contributed by atoms with Gasteiger partial charge in [-0.05, 0) is 59.7 Å². The molecule has 0 aromatic heterocycles. The lowest BCUT2D eigenvalue weighted by atomic mass is 10.0. The largest absolute Gasteiger partial charge is 0.369 e. The highest BCUT2D eigenvalue weighted by Gasteiger charge is 2.17. The van der Waals surface area contributed by atoms with Crippen LogP contribution in [-0.2, 0) is 11.2 Å². The van der Waals surface area contributed by atoms with Crippen LogP contribution in [0.3, 0.4) is 0 Å². The number of nitrogens with zero attached hydrogens (tertiary/aromatic N) is 2. The molecule has 0 saturated carbocycles. The van der Waals surface area contributed by atoms with Crippen molar-refractivity contribution in [2.45, 2.75) is 41.0 Å². The highest BCUT2D eigenvalue weighted by molar-refractivity contribution is 6.30. The molecule has 2 rings (SSSR count). The predicted molar refractivity (Wildman–Crippen MR) is 132 cm³/mol. The molecule has 4 nitrogen and oxygen atoms in total. The van der Waals surface area contributed by atoms with E-state index >= 15 is 0 Å². The van der Waals surface area contributed by atoms with Crippen LogP contribution in [0, 0.1) is 18.4 Å². The molecule has 5 heteroatoms. The SMILES string of the molecule is [C-]#[N+]/C=C(\C)c1ccc(N(CC(C)C)CC(C)C)c(NC(=O)Cc2ccc(Cl)cc2)c1. The minimum Gasteiger partial charge on any atom is -0.369 e. The molecule has 0 heterocycles. The normalized spacial score (nSPS) is 11.5. The van der Waals surface area contributed by atoms with Crippen LogP contribution >= 0.6 is 11.6 Å². The fourth-order valence-corrected chi connectivity index (χ4v) is 3.59. The number of benzene rings is 2. The lowest BCUT2D eigenvalue weighted by Gasteiger charge is -2.31. The smallest absolute Gasteiger partial charge is 0.228 e. The third-order valence-electron chi connectivity index (χ3n) is 4.77. The number of carbonyl (C=O) groups is 1. The molecule has 0 unspecified atom stereocenters. The van der Waals surface area contributed by atoms with Crippen molar-refractivity contribution in [2.24, 2.45) is 11.8 Å². The molecule has 1 N–H and O–H groups in total. The van der Waals surface area contributed by atoms with Crippen LogP contribution in [0.2, 0.25) is 5.02 Å². The topological polar surface area (TPSA) is 36.7 Å². The van der Waals surface area contributed by atoms with Gasteiger partial charge in [0.15, 0.2) is 6.20 Å². The maximum absolute atomic E-state index is 12.9. The number of hydrogen-bond acceptors (Lipinski definition) is 2. The maximum atomic E-state index is 12.9. The summed E-state index contributed by atoms with van der Waals surface area (Å²) in [4.78, 5) is 18.6. The average molecular weight is 438 g/mol. The molecule has 0 aliphatic carbocycles. The number of halogens is 1. The first-order valence-corrected chi connectivity index (χ1v) is 11.0. The van der Waals surface area contributed by atoms with Gasteiger partial charge in [0.05, 0.1) is 24.4 Å². The Morgan fingerprint density at radius 2 is 1.71 bits per heavy atom. The standard InChI is InChI=1S/C26H32ClN3O/c1-18(2)16-30(17-19(3)4)25-12-9-22(20(5)15-28-6)14-24(25)29-26(31)13-21-7-10-23(27)11-8-21/h7-12,14-15,18-19H,13,16-17H2,1-5H3,(H,29,31)/b20-15+. The van der Waals surface area contributed by atoms with Crippen molar-refractivity contribution in [1.29, 1.82) is 0 Å². The summed E-state index contributed by atoms with van der Waals surface area (Å²) < 4.78 is 0. The van der Waals surface area contributed by atoms with Crippen LogP contribution in [0.25, 0.3) is 10.4 Å². The Morgan fingerprint density at radius 3 is 2.26 bits per heavy atom. The van der Waals surface area contributed by atoms with Crippen LogP contribution in [0.15, 0.2) is 48.7 Å². The van der Waals surface area contributed by atoms with E-state index in [0.29, 0.717) is 16.9 Å². The van der Waals surface area contributed by atoms with E-state index in [9.17, 15) is 4.79 Å². The lowest BCUT2D eigenvalue weighted by Crippen LogP contribution is -2.32. The summed E-state index contributed by atoms with van der Waals surface area (Å²) in [7, 11) is 0. The Hall–Kier alpha value is -2.77. The molecule has 0 saturated heterocycles. The van der Waals surface area contributed by atoms with Crippen molar-refractivity contribution >= 4 is 34.5 Å². The van der Waals surface area contributed by atoms with Crippen LogP contribution in [0.5, 0.6) is 0 Å². The summed E-state index contributed by atoms with van der Waals surface area (Å²) >= 11 is 5.96. The van der Waals surface area contributed by atoms with E-state index in [1.807, 2.05) is 31.2 Å². The Kier molecular flexibility index (Phi) is 9.15. The van der Waals surface area contributed by atoms with E-state index in [2.05, 4.69) is 48.8 Å². The molecular weight excluding hydrogens is 406 g/mol. The van der Waals surface area contributed by atoms with Gasteiger partial charge in [0.1, 0.15) is 0 Å². The van der Waals surface area contributed by atoms with Gasteiger partial charge in [-0.3, -0.25) is 4.79 Å². The molecule has 0 aliphatic heterocycles. The first kappa shape index (κ1) is 24.5. The first-order valence-electron chi connectivity index (χ1n) is 10.7. The van der Waals surface area contributed by atoms with E-state index in [1.54, 1.807) is 12.1 Å². The van der Waals surface area contributed by atoms with Gasteiger partial charge in [-0.25, -0.2) is 4.85 Å². The van der Waals surface area contributed by atoms with Gasteiger partial charge >= 0.3 is 0 Å². The van der Waals surface area contributed by atoms with Crippen LogP contribution in [0.1, 0.15) is 45.7 Å². The third kappa shape index (κ3) is 7.77. The second-order valence-electron chi connectivity index (χ2n) is 8.72. The summed E-state index contributed by atoms with van der Waals surface area (Å²) in [5.74, 6) is 0.890. The van der Waals surface area contributed by atoms with Crippen molar-refractivity contribution in [3.05, 3.63) is 76.2 Å². The second kappa shape index (κ2) is 11.6. The van der Waals surface area contributed by atoms with E-state index in [0.717, 1.165) is 41.2 Å². The minimum absolute atomic E-state index is 0.0819. The summed E-state index contributed by atoms with van der Waals surface area (Å²) in [5.41, 5.74) is 4.48. The van der Waals surface area contributed by atoms with Gasteiger partial charge in [-0.1, -0.05) is 57.5 Å². The molecule has 0 bridgehead atoms. The van der Waals surface area contributed by atoms with Crippen molar-refractivity contribution in [3.63, 3.8) is 0 Å². The quantitative estimate of drug-likeness (QED) is 0.432. The molecule has 164 valence electrons. The summed E-state index contributed by atoms with van der Waals surface area (Å²) in [6, 6.07) is 13.4. The van der Waals surface area contributed by atoms with E-state index in [4.69, 9.17) is 18.2 Å². The van der Waals surface area contributed by atoms with Crippen LogP contribution < -0.4 is 10.2 Å². The van der Waals surface area contributed by atoms with Gasteiger partial charge in [0, 0.05) is 18.1 Å². The molecule has 0 aliphatic rings. The van der Waals surface area contributed by atoms with Gasteiger partial charge < -0.3 is 10.2 Å². The number of amides is 1. The van der Waals surface area contributed by atoms with E-state index in [1.165, 1.54) is 6.20 Å². The van der Waals surface area contributed by atoms with Gasteiger partial charge in [-0.15, -0.1) is 0 Å². The highest BCUT2D eigenvalue weighted by atomic mass is 35.5. The molecule has 1 amide bonds. The number of hydrogen-bond donors (Lipinski definition) is 1. The zero-order chi connectivity index (χ0) is 23.0. The molecular formula is C26H32ClN3O. The fraction of sp³-hybridized carbons (Fsp3) is 0.385.